The van der Waals surface area contributed by atoms with E-state index in [0.717, 1.165) is 10.5 Å². The fourth-order valence-electron chi connectivity index (χ4n) is 2.79. The van der Waals surface area contributed by atoms with Gasteiger partial charge in [0, 0.05) is 6.54 Å². The third-order valence-corrected chi connectivity index (χ3v) is 5.38. The molecular weight excluding hydrogens is 318 g/mol. The van der Waals surface area contributed by atoms with Crippen LogP contribution in [0.3, 0.4) is 0 Å². The second kappa shape index (κ2) is 6.68. The lowest BCUT2D eigenvalue weighted by molar-refractivity contribution is -0.213. The number of rotatable bonds is 3. The average Bonchev–Trinajstić information content (AvgIpc) is 2.52. The van der Waals surface area contributed by atoms with Crippen LogP contribution >= 0.6 is 11.8 Å². The third-order valence-electron chi connectivity index (χ3n) is 4.04. The van der Waals surface area contributed by atoms with Crippen LogP contribution in [0.4, 0.5) is 0 Å². The van der Waals surface area contributed by atoms with Crippen LogP contribution in [0.1, 0.15) is 19.4 Å². The second-order valence-electron chi connectivity index (χ2n) is 5.80. The Morgan fingerprint density at radius 1 is 1.35 bits per heavy atom. The topological polar surface area (TPSA) is 88.0 Å². The third kappa shape index (κ3) is 3.33. The van der Waals surface area contributed by atoms with Crippen molar-refractivity contribution in [2.24, 2.45) is 0 Å². The Hall–Kier alpha value is -1.28. The van der Waals surface area contributed by atoms with Crippen molar-refractivity contribution in [3.8, 4) is 5.75 Å². The maximum atomic E-state index is 11.7. The zero-order chi connectivity index (χ0) is 16.6. The number of hydrogen-bond donors (Lipinski definition) is 3. The maximum absolute atomic E-state index is 11.7. The van der Waals surface area contributed by atoms with Gasteiger partial charge in [0.2, 0.25) is 12.2 Å². The molecular formula is C16H21NO5S. The maximum Gasteiger partial charge on any atom is 0.224 e. The van der Waals surface area contributed by atoms with Gasteiger partial charge < -0.3 is 25.0 Å². The molecule has 2 heterocycles. The summed E-state index contributed by atoms with van der Waals surface area (Å²) >= 11 is 1.42. The largest absolute Gasteiger partial charge is 0.462 e. The minimum absolute atomic E-state index is 0.0302. The number of likely N-dealkylation sites (N-methyl/N-ethyl adjacent to an activating group) is 1. The molecule has 126 valence electrons. The van der Waals surface area contributed by atoms with Gasteiger partial charge >= 0.3 is 0 Å². The van der Waals surface area contributed by atoms with E-state index in [2.05, 4.69) is 5.32 Å². The first-order valence-electron chi connectivity index (χ1n) is 7.74. The van der Waals surface area contributed by atoms with Gasteiger partial charge in [-0.05, 0) is 31.5 Å². The van der Waals surface area contributed by atoms with E-state index in [4.69, 9.17) is 9.47 Å². The summed E-state index contributed by atoms with van der Waals surface area (Å²) in [6.45, 7) is 4.19. The first-order chi connectivity index (χ1) is 11.0. The average molecular weight is 339 g/mol. The van der Waals surface area contributed by atoms with E-state index in [-0.39, 0.29) is 5.91 Å². The Morgan fingerprint density at radius 2 is 2.13 bits per heavy atom. The van der Waals surface area contributed by atoms with E-state index in [1.54, 1.807) is 6.92 Å². The summed E-state index contributed by atoms with van der Waals surface area (Å²) in [5, 5.41) is 22.6. The molecule has 1 aromatic rings. The number of fused-ring (bicyclic) bond motifs is 2. The highest BCUT2D eigenvalue weighted by Crippen LogP contribution is 2.44. The monoisotopic (exact) mass is 339 g/mol. The van der Waals surface area contributed by atoms with Crippen molar-refractivity contribution in [3.05, 3.63) is 23.8 Å². The van der Waals surface area contributed by atoms with Crippen LogP contribution in [-0.2, 0) is 16.0 Å². The molecule has 2 aliphatic heterocycles. The van der Waals surface area contributed by atoms with Gasteiger partial charge in [-0.25, -0.2) is 0 Å². The molecule has 0 bridgehead atoms. The molecule has 2 aliphatic rings. The van der Waals surface area contributed by atoms with Crippen LogP contribution in [-0.4, -0.2) is 52.5 Å². The lowest BCUT2D eigenvalue weighted by Crippen LogP contribution is -2.57. The van der Waals surface area contributed by atoms with E-state index in [1.807, 2.05) is 25.1 Å². The van der Waals surface area contributed by atoms with Crippen LogP contribution in [0.2, 0.25) is 0 Å². The molecule has 6 nitrogen and oxygen atoms in total. The highest BCUT2D eigenvalue weighted by molar-refractivity contribution is 8.00. The smallest absolute Gasteiger partial charge is 0.224 e. The summed E-state index contributed by atoms with van der Waals surface area (Å²) in [4.78, 5) is 12.5. The first-order valence-corrected chi connectivity index (χ1v) is 8.62. The molecule has 1 aromatic carbocycles. The van der Waals surface area contributed by atoms with Crippen LogP contribution in [0.15, 0.2) is 23.1 Å². The molecule has 1 fully saturated rings. The van der Waals surface area contributed by atoms with Crippen molar-refractivity contribution >= 4 is 17.7 Å². The van der Waals surface area contributed by atoms with Crippen molar-refractivity contribution in [1.29, 1.82) is 0 Å². The molecule has 0 radical (unpaired) electrons. The summed E-state index contributed by atoms with van der Waals surface area (Å²) in [5.41, 5.74) is 0.879. The predicted octanol–water partition coefficient (Wildman–Crippen LogP) is 0.685. The van der Waals surface area contributed by atoms with Crippen LogP contribution < -0.4 is 10.1 Å². The molecule has 5 atom stereocenters. The molecule has 3 N–H and O–H groups in total. The van der Waals surface area contributed by atoms with Crippen molar-refractivity contribution < 1.29 is 24.5 Å². The molecule has 0 spiro atoms. The normalized spacial score (nSPS) is 32.4. The number of nitrogens with one attached hydrogen (secondary N) is 1. The summed E-state index contributed by atoms with van der Waals surface area (Å²) in [6, 6.07) is 5.56. The number of carbonyl (C=O) groups is 1. The first kappa shape index (κ1) is 16.6. The minimum atomic E-state index is -0.938. The van der Waals surface area contributed by atoms with E-state index in [0.29, 0.717) is 18.7 Å². The van der Waals surface area contributed by atoms with Crippen molar-refractivity contribution in [2.75, 3.05) is 6.54 Å². The van der Waals surface area contributed by atoms with E-state index in [1.165, 1.54) is 11.8 Å². The predicted molar refractivity (Wildman–Crippen MR) is 85.5 cm³/mol. The number of hydrogen-bond acceptors (Lipinski definition) is 6. The second-order valence-corrected chi connectivity index (χ2v) is 7.02. The highest BCUT2D eigenvalue weighted by Gasteiger charge is 2.47. The Balaban J connectivity index is 1.78. The quantitative estimate of drug-likeness (QED) is 0.751. The zero-order valence-electron chi connectivity index (χ0n) is 13.1. The van der Waals surface area contributed by atoms with Gasteiger partial charge in [-0.3, -0.25) is 4.79 Å². The lowest BCUT2D eigenvalue weighted by Gasteiger charge is -2.43. The Morgan fingerprint density at radius 3 is 2.87 bits per heavy atom. The Bertz CT molecular complexity index is 596. The number of ether oxygens (including phenoxy) is 2. The molecule has 1 amide bonds. The Labute approximate surface area is 139 Å². The summed E-state index contributed by atoms with van der Waals surface area (Å²) < 4.78 is 11.5. The van der Waals surface area contributed by atoms with Crippen molar-refractivity contribution in [1.82, 2.24) is 5.32 Å². The molecule has 1 saturated heterocycles. The summed E-state index contributed by atoms with van der Waals surface area (Å²) in [6.07, 6.45) is -2.63. The molecule has 0 unspecified atom stereocenters. The van der Waals surface area contributed by atoms with Gasteiger partial charge in [0.15, 0.2) is 0 Å². The number of aliphatic hydroxyl groups excluding tert-OH is 2. The summed E-state index contributed by atoms with van der Waals surface area (Å²) in [7, 11) is 0. The van der Waals surface area contributed by atoms with E-state index in [9.17, 15) is 15.0 Å². The van der Waals surface area contributed by atoms with Gasteiger partial charge in [0.05, 0.1) is 17.4 Å². The number of carbonyl (C=O) groups excluding carboxylic acids is 1. The molecule has 0 aliphatic carbocycles. The molecule has 7 heteroatoms. The van der Waals surface area contributed by atoms with Gasteiger partial charge in [-0.15, -0.1) is 11.8 Å². The standard InChI is InChI=1S/C16H21NO5S/c1-3-17-12(18)7-9-4-5-10-11(6-9)23-15-14(20)13(19)8(2)21-16(15)22-10/h4-6,8,13-16,19-20H,3,7H2,1-2H3,(H,17,18)/t8-,13+,14+,15-,16-/m0/s1. The van der Waals surface area contributed by atoms with Crippen LogP contribution in [0.25, 0.3) is 0 Å². The number of thioether (sulfide) groups is 1. The number of amides is 1. The lowest BCUT2D eigenvalue weighted by atomic mass is 10.0. The van der Waals surface area contributed by atoms with E-state index < -0.39 is 29.9 Å². The minimum Gasteiger partial charge on any atom is -0.462 e. The molecule has 0 aromatic heterocycles. The number of benzene rings is 1. The molecule has 0 saturated carbocycles. The van der Waals surface area contributed by atoms with Crippen LogP contribution in [0, 0.1) is 0 Å². The van der Waals surface area contributed by atoms with Gasteiger partial charge in [-0.2, -0.15) is 0 Å². The van der Waals surface area contributed by atoms with Crippen molar-refractivity contribution in [3.63, 3.8) is 0 Å². The molecule has 23 heavy (non-hydrogen) atoms. The molecule has 3 rings (SSSR count). The Kier molecular flexibility index (Phi) is 4.82. The van der Waals surface area contributed by atoms with Crippen molar-refractivity contribution in [2.45, 2.75) is 55.0 Å². The fraction of sp³-hybridized carbons (Fsp3) is 0.562. The SMILES string of the molecule is CCNC(=O)Cc1ccc2c(c1)S[C@@H]1[C@H](O2)O[C@@H](C)[C@@H](O)[C@H]1O. The zero-order valence-corrected chi connectivity index (χ0v) is 13.9. The van der Waals surface area contributed by atoms with E-state index >= 15 is 0 Å². The summed E-state index contributed by atoms with van der Waals surface area (Å²) in [5.74, 6) is 0.643. The van der Waals surface area contributed by atoms with Gasteiger partial charge in [0.1, 0.15) is 23.2 Å². The van der Waals surface area contributed by atoms with Gasteiger partial charge in [0.25, 0.3) is 0 Å². The number of aliphatic hydroxyl groups is 2. The fourth-order valence-corrected chi connectivity index (χ4v) is 4.07. The van der Waals surface area contributed by atoms with Crippen LogP contribution in [0.5, 0.6) is 5.75 Å². The highest BCUT2D eigenvalue weighted by atomic mass is 32.2. The van der Waals surface area contributed by atoms with Gasteiger partial charge in [-0.1, -0.05) is 6.07 Å².